The van der Waals surface area contributed by atoms with Crippen LogP contribution in [-0.4, -0.2) is 30.7 Å². The number of alkyl halides is 1. The second-order valence-electron chi connectivity index (χ2n) is 3.03. The van der Waals surface area contributed by atoms with Crippen molar-refractivity contribution < 1.29 is 9.84 Å². The van der Waals surface area contributed by atoms with Gasteiger partial charge < -0.3 is 15.2 Å². The maximum atomic E-state index is 9.27. The number of rotatable bonds is 5. The van der Waals surface area contributed by atoms with Crippen molar-refractivity contribution in [2.45, 2.75) is 6.10 Å². The number of hydrogen-bond donors (Lipinski definition) is 2. The van der Waals surface area contributed by atoms with E-state index in [1.165, 1.54) is 0 Å². The van der Waals surface area contributed by atoms with Crippen LogP contribution in [0.4, 0.5) is 5.69 Å². The Morgan fingerprint density at radius 2 is 2.27 bits per heavy atom. The first-order valence-electron chi connectivity index (χ1n) is 4.48. The van der Waals surface area contributed by atoms with Crippen LogP contribution in [-0.2, 0) is 0 Å². The van der Waals surface area contributed by atoms with Gasteiger partial charge in [-0.05, 0) is 12.1 Å². The molecule has 1 unspecified atom stereocenters. The third-order valence-electron chi connectivity index (χ3n) is 1.88. The molecule has 2 N–H and O–H groups in total. The van der Waals surface area contributed by atoms with E-state index in [-0.39, 0.29) is 5.88 Å². The first-order valence-corrected chi connectivity index (χ1v) is 5.40. The molecule has 1 aromatic rings. The lowest BCUT2D eigenvalue weighted by molar-refractivity contribution is 0.211. The summed E-state index contributed by atoms with van der Waals surface area (Å²) in [5, 5.41) is 12.8. The summed E-state index contributed by atoms with van der Waals surface area (Å²) in [6.45, 7) is 0.358. The number of nitrogens with one attached hydrogen (secondary N) is 1. The zero-order valence-corrected chi connectivity index (χ0v) is 9.85. The summed E-state index contributed by atoms with van der Waals surface area (Å²) in [6.07, 6.45) is -0.589. The molecule has 1 aromatic carbocycles. The molecule has 15 heavy (non-hydrogen) atoms. The van der Waals surface area contributed by atoms with Gasteiger partial charge in [-0.15, -0.1) is 11.6 Å². The van der Waals surface area contributed by atoms with Gasteiger partial charge in [-0.1, -0.05) is 11.6 Å². The molecule has 0 amide bonds. The van der Waals surface area contributed by atoms with Crippen molar-refractivity contribution in [3.05, 3.63) is 23.2 Å². The third-order valence-corrected chi connectivity index (χ3v) is 2.57. The molecule has 0 spiro atoms. The zero-order chi connectivity index (χ0) is 11.3. The van der Waals surface area contributed by atoms with Crippen LogP contribution in [0.5, 0.6) is 5.75 Å². The highest BCUT2D eigenvalue weighted by molar-refractivity contribution is 6.33. The van der Waals surface area contributed by atoms with Crippen LogP contribution in [0.1, 0.15) is 0 Å². The number of hydrogen-bond acceptors (Lipinski definition) is 3. The predicted octanol–water partition coefficient (Wildman–Crippen LogP) is 2.36. The molecule has 0 aliphatic heterocycles. The van der Waals surface area contributed by atoms with Crippen molar-refractivity contribution in [3.8, 4) is 5.75 Å². The van der Waals surface area contributed by atoms with Crippen LogP contribution in [0.15, 0.2) is 18.2 Å². The first kappa shape index (κ1) is 12.4. The molecule has 0 fully saturated rings. The van der Waals surface area contributed by atoms with Crippen molar-refractivity contribution in [2.24, 2.45) is 0 Å². The van der Waals surface area contributed by atoms with Crippen LogP contribution in [0, 0.1) is 0 Å². The number of benzene rings is 1. The predicted molar refractivity (Wildman–Crippen MR) is 63.2 cm³/mol. The van der Waals surface area contributed by atoms with Crippen molar-refractivity contribution in [1.29, 1.82) is 0 Å². The molecule has 1 rings (SSSR count). The largest absolute Gasteiger partial charge is 0.497 e. The normalized spacial score (nSPS) is 12.3. The van der Waals surface area contributed by atoms with E-state index in [2.05, 4.69) is 5.32 Å². The first-order chi connectivity index (χ1) is 7.17. The summed E-state index contributed by atoms with van der Waals surface area (Å²) in [5.74, 6) is 0.900. The van der Waals surface area contributed by atoms with Gasteiger partial charge in [0.25, 0.3) is 0 Å². The summed E-state index contributed by atoms with van der Waals surface area (Å²) in [5.41, 5.74) is 0.722. The minimum Gasteiger partial charge on any atom is -0.497 e. The Morgan fingerprint density at radius 3 is 2.87 bits per heavy atom. The van der Waals surface area contributed by atoms with E-state index in [1.54, 1.807) is 25.3 Å². The number of methoxy groups -OCH3 is 1. The number of aliphatic hydroxyl groups excluding tert-OH is 1. The molecule has 5 heteroatoms. The number of anilines is 1. The molecule has 0 aliphatic carbocycles. The maximum Gasteiger partial charge on any atom is 0.121 e. The lowest BCUT2D eigenvalue weighted by atomic mass is 10.3. The van der Waals surface area contributed by atoms with Crippen molar-refractivity contribution in [1.82, 2.24) is 0 Å². The quantitative estimate of drug-likeness (QED) is 0.788. The monoisotopic (exact) mass is 249 g/mol. The standard InChI is InChI=1S/C10H13Cl2NO2/c1-15-8-2-3-9(12)10(4-8)13-6-7(14)5-11/h2-4,7,13-14H,5-6H2,1H3. The Balaban J connectivity index is 2.66. The van der Waals surface area contributed by atoms with Gasteiger partial charge in [0.1, 0.15) is 5.75 Å². The van der Waals surface area contributed by atoms with Gasteiger partial charge in [-0.25, -0.2) is 0 Å². The van der Waals surface area contributed by atoms with Gasteiger partial charge in [0, 0.05) is 12.6 Å². The summed E-state index contributed by atoms with van der Waals surface area (Å²) in [6, 6.07) is 5.27. The van der Waals surface area contributed by atoms with Gasteiger partial charge in [0.2, 0.25) is 0 Å². The third kappa shape index (κ3) is 3.78. The van der Waals surface area contributed by atoms with E-state index in [4.69, 9.17) is 27.9 Å². The minimum atomic E-state index is -0.589. The van der Waals surface area contributed by atoms with E-state index in [9.17, 15) is 5.11 Å². The van der Waals surface area contributed by atoms with Crippen LogP contribution in [0.2, 0.25) is 5.02 Å². The molecule has 0 saturated carbocycles. The van der Waals surface area contributed by atoms with E-state index in [0.29, 0.717) is 17.3 Å². The fourth-order valence-corrected chi connectivity index (χ4v) is 1.34. The summed E-state index contributed by atoms with van der Waals surface area (Å²) < 4.78 is 5.06. The molecule has 0 heterocycles. The van der Waals surface area contributed by atoms with Crippen molar-refractivity contribution in [2.75, 3.05) is 24.9 Å². The second-order valence-corrected chi connectivity index (χ2v) is 3.75. The van der Waals surface area contributed by atoms with Crippen LogP contribution < -0.4 is 10.1 Å². The second kappa shape index (κ2) is 6.05. The zero-order valence-electron chi connectivity index (χ0n) is 8.34. The molecule has 1 atom stereocenters. The van der Waals surface area contributed by atoms with Crippen LogP contribution in [0.3, 0.4) is 0 Å². The molecule has 84 valence electrons. The van der Waals surface area contributed by atoms with Gasteiger partial charge in [0.15, 0.2) is 0 Å². The molecule has 0 radical (unpaired) electrons. The summed E-state index contributed by atoms with van der Waals surface area (Å²) in [4.78, 5) is 0. The van der Waals surface area contributed by atoms with Gasteiger partial charge >= 0.3 is 0 Å². The number of ether oxygens (including phenoxy) is 1. The topological polar surface area (TPSA) is 41.5 Å². The van der Waals surface area contributed by atoms with Crippen molar-refractivity contribution in [3.63, 3.8) is 0 Å². The lowest BCUT2D eigenvalue weighted by Crippen LogP contribution is -2.20. The molecular weight excluding hydrogens is 237 g/mol. The van der Waals surface area contributed by atoms with Crippen molar-refractivity contribution >= 4 is 28.9 Å². The average molecular weight is 250 g/mol. The molecule has 3 nitrogen and oxygen atoms in total. The highest BCUT2D eigenvalue weighted by Gasteiger charge is 2.05. The van der Waals surface area contributed by atoms with Gasteiger partial charge in [-0.3, -0.25) is 0 Å². The Morgan fingerprint density at radius 1 is 1.53 bits per heavy atom. The number of aliphatic hydroxyl groups is 1. The van der Waals surface area contributed by atoms with Gasteiger partial charge in [-0.2, -0.15) is 0 Å². The number of halogens is 2. The Labute approximate surface area is 99.0 Å². The molecule has 0 saturated heterocycles. The lowest BCUT2D eigenvalue weighted by Gasteiger charge is -2.12. The highest BCUT2D eigenvalue weighted by Crippen LogP contribution is 2.26. The summed E-state index contributed by atoms with van der Waals surface area (Å²) in [7, 11) is 1.58. The Bertz CT molecular complexity index is 320. The summed E-state index contributed by atoms with van der Waals surface area (Å²) >= 11 is 11.4. The van der Waals surface area contributed by atoms with Crippen LogP contribution in [0.25, 0.3) is 0 Å². The average Bonchev–Trinajstić information content (AvgIpc) is 2.27. The minimum absolute atomic E-state index is 0.189. The van der Waals surface area contributed by atoms with Crippen LogP contribution >= 0.6 is 23.2 Å². The molecule has 0 bridgehead atoms. The smallest absolute Gasteiger partial charge is 0.121 e. The fraction of sp³-hybridized carbons (Fsp3) is 0.400. The molecule has 0 aliphatic rings. The molecular formula is C10H13Cl2NO2. The van der Waals surface area contributed by atoms with E-state index in [1.807, 2.05) is 0 Å². The Kier molecular flexibility index (Phi) is 5.02. The molecule has 0 aromatic heterocycles. The highest BCUT2D eigenvalue weighted by atomic mass is 35.5. The SMILES string of the molecule is COc1ccc(Cl)c(NCC(O)CCl)c1. The Hall–Kier alpha value is -0.640. The van der Waals surface area contributed by atoms with E-state index in [0.717, 1.165) is 5.69 Å². The maximum absolute atomic E-state index is 9.27. The van der Waals surface area contributed by atoms with E-state index < -0.39 is 6.10 Å². The van der Waals surface area contributed by atoms with E-state index >= 15 is 0 Å². The fourth-order valence-electron chi connectivity index (χ4n) is 1.05. The van der Waals surface area contributed by atoms with Gasteiger partial charge in [0.05, 0.1) is 29.8 Å².